The number of nitrogens with one attached hydrogen (secondary N) is 4. The molecule has 248 valence electrons. The third kappa shape index (κ3) is 8.93. The molecular weight excluding hydrogens is 592 g/mol. The Morgan fingerprint density at radius 1 is 0.936 bits per heavy atom. The Hall–Kier alpha value is -4.81. The standard InChI is InChI=1S/C35H46N10O2/c1-23(2)45-22-36-31-32(41-35(42-33(31)45)40-26-16-18-29(19-17-26)44(5)6)38-27-9-7-10-28(21-27)39-34(47)24-12-14-25(15-13-24)37-30(46)11-8-20-43(3)4/h7-15,21-23,26,29H,16-20H2,1-6H3,(H,37,46)(H,39,47)(H2,38,40,41,42)/b11-8+. The van der Waals surface area contributed by atoms with Gasteiger partial charge in [-0.05, 0) is 110 Å². The first-order valence-electron chi connectivity index (χ1n) is 16.1. The molecule has 2 aromatic heterocycles. The number of aromatic nitrogens is 4. The number of likely N-dealkylation sites (N-methyl/N-ethyl adjacent to an activating group) is 1. The molecule has 0 radical (unpaired) electrons. The molecule has 0 atom stereocenters. The summed E-state index contributed by atoms with van der Waals surface area (Å²) in [5, 5.41) is 12.8. The van der Waals surface area contributed by atoms with E-state index in [0.29, 0.717) is 52.8 Å². The van der Waals surface area contributed by atoms with Crippen LogP contribution in [0.4, 0.5) is 28.8 Å². The number of nitrogens with zero attached hydrogens (tertiary/aromatic N) is 6. The van der Waals surface area contributed by atoms with Gasteiger partial charge in [0.15, 0.2) is 17.0 Å². The lowest BCUT2D eigenvalue weighted by Crippen LogP contribution is -2.36. The van der Waals surface area contributed by atoms with Gasteiger partial charge in [0.1, 0.15) is 0 Å². The van der Waals surface area contributed by atoms with E-state index in [-0.39, 0.29) is 17.9 Å². The van der Waals surface area contributed by atoms with Crippen molar-refractivity contribution < 1.29 is 9.59 Å². The van der Waals surface area contributed by atoms with Crippen molar-refractivity contribution in [3.63, 3.8) is 0 Å². The first kappa shape index (κ1) is 33.6. The van der Waals surface area contributed by atoms with Crippen LogP contribution in [0.5, 0.6) is 0 Å². The molecule has 0 unspecified atom stereocenters. The van der Waals surface area contributed by atoms with E-state index in [1.807, 2.05) is 47.8 Å². The Morgan fingerprint density at radius 3 is 2.34 bits per heavy atom. The number of rotatable bonds is 12. The van der Waals surface area contributed by atoms with Gasteiger partial charge in [0.2, 0.25) is 11.9 Å². The monoisotopic (exact) mass is 638 g/mol. The minimum atomic E-state index is -0.263. The van der Waals surface area contributed by atoms with Crippen molar-refractivity contribution >= 4 is 51.8 Å². The predicted octanol–water partition coefficient (Wildman–Crippen LogP) is 5.74. The molecule has 2 aromatic carbocycles. The van der Waals surface area contributed by atoms with Crippen LogP contribution in [-0.2, 0) is 4.79 Å². The van der Waals surface area contributed by atoms with E-state index < -0.39 is 0 Å². The first-order valence-corrected chi connectivity index (χ1v) is 16.1. The molecule has 0 spiro atoms. The third-order valence-electron chi connectivity index (χ3n) is 8.28. The van der Waals surface area contributed by atoms with Crippen LogP contribution in [0.2, 0.25) is 0 Å². The maximum Gasteiger partial charge on any atom is 0.255 e. The number of fused-ring (bicyclic) bond motifs is 1. The fourth-order valence-corrected chi connectivity index (χ4v) is 5.64. The number of hydrogen-bond donors (Lipinski definition) is 4. The van der Waals surface area contributed by atoms with Gasteiger partial charge in [-0.3, -0.25) is 9.59 Å². The van der Waals surface area contributed by atoms with E-state index in [9.17, 15) is 9.59 Å². The minimum absolute atomic E-state index is 0.180. The minimum Gasteiger partial charge on any atom is -0.351 e. The molecule has 2 heterocycles. The van der Waals surface area contributed by atoms with Crippen LogP contribution in [0.3, 0.4) is 0 Å². The van der Waals surface area contributed by atoms with Crippen molar-refractivity contribution in [1.29, 1.82) is 0 Å². The molecule has 0 aliphatic heterocycles. The predicted molar refractivity (Wildman–Crippen MR) is 190 cm³/mol. The zero-order chi connectivity index (χ0) is 33.5. The average molecular weight is 639 g/mol. The highest BCUT2D eigenvalue weighted by atomic mass is 16.2. The summed E-state index contributed by atoms with van der Waals surface area (Å²) in [5.41, 5.74) is 3.89. The van der Waals surface area contributed by atoms with Crippen LogP contribution in [0.25, 0.3) is 11.2 Å². The number of carbonyl (C=O) groups excluding carboxylic acids is 2. The highest BCUT2D eigenvalue weighted by molar-refractivity contribution is 6.05. The van der Waals surface area contributed by atoms with E-state index in [2.05, 4.69) is 59.1 Å². The topological polar surface area (TPSA) is 132 Å². The van der Waals surface area contributed by atoms with Crippen LogP contribution >= 0.6 is 0 Å². The molecule has 5 rings (SSSR count). The highest BCUT2D eigenvalue weighted by Crippen LogP contribution is 2.29. The third-order valence-corrected chi connectivity index (χ3v) is 8.28. The molecule has 0 bridgehead atoms. The van der Waals surface area contributed by atoms with Crippen molar-refractivity contribution in [2.45, 2.75) is 57.7 Å². The number of hydrogen-bond acceptors (Lipinski definition) is 9. The van der Waals surface area contributed by atoms with Crippen LogP contribution in [0, 0.1) is 0 Å². The number of benzene rings is 2. The van der Waals surface area contributed by atoms with E-state index >= 15 is 0 Å². The van der Waals surface area contributed by atoms with Crippen molar-refractivity contribution in [2.24, 2.45) is 0 Å². The second-order valence-corrected chi connectivity index (χ2v) is 12.8. The number of carbonyl (C=O) groups is 2. The molecular formula is C35H46N10O2. The molecule has 1 aliphatic rings. The zero-order valence-electron chi connectivity index (χ0n) is 28.1. The summed E-state index contributed by atoms with van der Waals surface area (Å²) in [6.07, 6.45) is 9.48. The van der Waals surface area contributed by atoms with Gasteiger partial charge in [-0.25, -0.2) is 4.98 Å². The summed E-state index contributed by atoms with van der Waals surface area (Å²) in [4.78, 5) is 43.9. The molecule has 1 saturated carbocycles. The van der Waals surface area contributed by atoms with E-state index in [1.54, 1.807) is 36.7 Å². The van der Waals surface area contributed by atoms with Crippen LogP contribution in [0.1, 0.15) is 55.9 Å². The zero-order valence-corrected chi connectivity index (χ0v) is 28.1. The molecule has 12 heteroatoms. The van der Waals surface area contributed by atoms with Gasteiger partial charge in [0, 0.05) is 53.4 Å². The molecule has 4 aromatic rings. The van der Waals surface area contributed by atoms with Crippen LogP contribution in [0.15, 0.2) is 67.0 Å². The molecule has 47 heavy (non-hydrogen) atoms. The summed E-state index contributed by atoms with van der Waals surface area (Å²) in [6, 6.07) is 15.4. The Kier molecular flexibility index (Phi) is 10.8. The second kappa shape index (κ2) is 15.2. The molecule has 12 nitrogen and oxygen atoms in total. The lowest BCUT2D eigenvalue weighted by atomic mass is 9.91. The van der Waals surface area contributed by atoms with Crippen LogP contribution < -0.4 is 21.3 Å². The van der Waals surface area contributed by atoms with Crippen molar-refractivity contribution in [3.8, 4) is 0 Å². The Labute approximate surface area is 276 Å². The molecule has 1 aliphatic carbocycles. The normalized spacial score (nSPS) is 16.7. The van der Waals surface area contributed by atoms with Gasteiger partial charge in [-0.2, -0.15) is 9.97 Å². The van der Waals surface area contributed by atoms with Gasteiger partial charge in [0.05, 0.1) is 6.33 Å². The largest absolute Gasteiger partial charge is 0.351 e. The van der Waals surface area contributed by atoms with Crippen molar-refractivity contribution in [2.75, 3.05) is 56.0 Å². The van der Waals surface area contributed by atoms with E-state index in [0.717, 1.165) is 37.0 Å². The maximum atomic E-state index is 13.1. The molecule has 0 saturated heterocycles. The lowest BCUT2D eigenvalue weighted by Gasteiger charge is -2.33. The quantitative estimate of drug-likeness (QED) is 0.143. The summed E-state index contributed by atoms with van der Waals surface area (Å²) in [7, 11) is 8.16. The first-order chi connectivity index (χ1) is 22.5. The Bertz CT molecular complexity index is 1700. The van der Waals surface area contributed by atoms with Gasteiger partial charge in [-0.15, -0.1) is 0 Å². The summed E-state index contributed by atoms with van der Waals surface area (Å²) in [5.74, 6) is 0.683. The van der Waals surface area contributed by atoms with Gasteiger partial charge in [0.25, 0.3) is 5.91 Å². The summed E-state index contributed by atoms with van der Waals surface area (Å²) < 4.78 is 2.05. The SMILES string of the molecule is CC(C)n1cnc2c(Nc3cccc(NC(=O)c4ccc(NC(=O)/C=C/CN(C)C)cc4)c3)nc(NC3CCC(N(C)C)CC3)nc21. The second-order valence-electron chi connectivity index (χ2n) is 12.8. The Morgan fingerprint density at radius 2 is 1.66 bits per heavy atom. The van der Waals surface area contributed by atoms with Gasteiger partial charge in [-0.1, -0.05) is 12.1 Å². The van der Waals surface area contributed by atoms with Crippen LogP contribution in [-0.4, -0.2) is 88.0 Å². The maximum absolute atomic E-state index is 13.1. The average Bonchev–Trinajstić information content (AvgIpc) is 3.46. The number of anilines is 5. The highest BCUT2D eigenvalue weighted by Gasteiger charge is 2.24. The fourth-order valence-electron chi connectivity index (χ4n) is 5.64. The lowest BCUT2D eigenvalue weighted by molar-refractivity contribution is -0.111. The number of amides is 2. The summed E-state index contributed by atoms with van der Waals surface area (Å²) in [6.45, 7) is 4.88. The number of imidazole rings is 1. The molecule has 1 fully saturated rings. The summed E-state index contributed by atoms with van der Waals surface area (Å²) >= 11 is 0. The van der Waals surface area contributed by atoms with E-state index in [1.165, 1.54) is 6.08 Å². The van der Waals surface area contributed by atoms with Gasteiger partial charge < -0.3 is 35.6 Å². The van der Waals surface area contributed by atoms with Crippen molar-refractivity contribution in [1.82, 2.24) is 29.3 Å². The fraction of sp³-hybridized carbons (Fsp3) is 0.400. The molecule has 2 amide bonds. The van der Waals surface area contributed by atoms with E-state index in [4.69, 9.17) is 9.97 Å². The van der Waals surface area contributed by atoms with Crippen molar-refractivity contribution in [3.05, 3.63) is 72.6 Å². The van der Waals surface area contributed by atoms with Gasteiger partial charge >= 0.3 is 0 Å². The smallest absolute Gasteiger partial charge is 0.255 e. The Balaban J connectivity index is 1.28. The molecule has 4 N–H and O–H groups in total.